The van der Waals surface area contributed by atoms with Gasteiger partial charge in [-0.2, -0.15) is 5.10 Å². The monoisotopic (exact) mass is 806 g/mol. The molecule has 0 saturated heterocycles. The van der Waals surface area contributed by atoms with E-state index >= 15 is 0 Å². The first-order valence-electron chi connectivity index (χ1n) is 20.3. The van der Waals surface area contributed by atoms with E-state index in [1.165, 1.54) is 0 Å². The molecule has 0 aromatic rings. The number of carbonyl (C=O) groups is 5. The molecule has 16 heteroatoms. The lowest BCUT2D eigenvalue weighted by atomic mass is 9.62. The van der Waals surface area contributed by atoms with Crippen LogP contribution in [-0.4, -0.2) is 86.7 Å². The van der Waals surface area contributed by atoms with Crippen molar-refractivity contribution in [1.29, 1.82) is 0 Å². The molecular weight excluding hydrogens is 734 g/mol. The highest BCUT2D eigenvalue weighted by molar-refractivity contribution is 5.87. The summed E-state index contributed by atoms with van der Waals surface area (Å²) in [7, 11) is 0. The molecule has 2 saturated carbocycles. The van der Waals surface area contributed by atoms with Crippen molar-refractivity contribution in [3.8, 4) is 0 Å². The predicted molar refractivity (Wildman–Crippen MR) is 220 cm³/mol. The second-order valence-electron chi connectivity index (χ2n) is 18.4. The van der Waals surface area contributed by atoms with Crippen LogP contribution in [0.4, 0.5) is 19.2 Å². The number of hydrogen-bond acceptors (Lipinski definition) is 11. The summed E-state index contributed by atoms with van der Waals surface area (Å²) in [5.41, 5.74) is 3.66. The first-order valence-corrected chi connectivity index (χ1v) is 20.3. The van der Waals surface area contributed by atoms with Gasteiger partial charge in [0.15, 0.2) is 0 Å². The molecule has 5 amide bonds. The van der Waals surface area contributed by atoms with E-state index in [9.17, 15) is 24.0 Å². The van der Waals surface area contributed by atoms with Crippen molar-refractivity contribution in [3.05, 3.63) is 12.2 Å². The molecule has 57 heavy (non-hydrogen) atoms. The molecule has 0 radical (unpaired) electrons. The van der Waals surface area contributed by atoms with Gasteiger partial charge in [-0.25, -0.2) is 29.4 Å². The molecule has 2 aliphatic carbocycles. The molecule has 0 bridgehead atoms. The maximum atomic E-state index is 12.7. The predicted octanol–water partition coefficient (Wildman–Crippen LogP) is 7.48. The summed E-state index contributed by atoms with van der Waals surface area (Å²) in [6.07, 6.45) is 5.87. The molecule has 0 aromatic carbocycles. The zero-order valence-electron chi connectivity index (χ0n) is 36.2. The molecule has 0 heterocycles. The van der Waals surface area contributed by atoms with E-state index in [-0.39, 0.29) is 53.6 Å². The standard InChI is InChI=1S/C41H71N7O9/c1-12-29(4)48-57-37(53)45-32-21-39(8,9)25-41(11,23-32)27-43-36(52)56-18-14-13-17-55-35(51)42-26-40(10)22-31(20-38(6,7)24-40)44-34(50)47-46-30(5)16-15-19-54-33(49)28(2)3/h31-32H,2,12-27H2,1,3-11H3,(H,42,51)(H,43,52)(H,45,53)(H2,44,47,50)/b46-30+,48-29+. The highest BCUT2D eigenvalue weighted by Crippen LogP contribution is 2.47. The van der Waals surface area contributed by atoms with Gasteiger partial charge in [0.1, 0.15) is 0 Å². The summed E-state index contributed by atoms with van der Waals surface area (Å²) in [4.78, 5) is 66.6. The normalized spacial score (nSPS) is 24.2. The van der Waals surface area contributed by atoms with Crippen molar-refractivity contribution >= 4 is 41.7 Å². The van der Waals surface area contributed by atoms with E-state index in [2.05, 4.69) is 85.1 Å². The molecule has 0 aliphatic heterocycles. The van der Waals surface area contributed by atoms with Gasteiger partial charge in [-0.05, 0) is 113 Å². The number of unbranched alkanes of at least 4 members (excludes halogenated alkanes) is 1. The van der Waals surface area contributed by atoms with Gasteiger partial charge < -0.3 is 35.5 Å². The van der Waals surface area contributed by atoms with Gasteiger partial charge in [0.2, 0.25) is 0 Å². The Bertz CT molecular complexity index is 1460. The number of nitrogens with zero attached hydrogens (tertiary/aromatic N) is 2. The maximum absolute atomic E-state index is 12.7. The van der Waals surface area contributed by atoms with Crippen LogP contribution in [0.25, 0.3) is 0 Å². The Labute approximate surface area is 339 Å². The van der Waals surface area contributed by atoms with E-state index < -0.39 is 30.3 Å². The van der Waals surface area contributed by atoms with Crippen molar-refractivity contribution in [3.63, 3.8) is 0 Å². The van der Waals surface area contributed by atoms with Gasteiger partial charge in [0.05, 0.1) is 25.5 Å². The van der Waals surface area contributed by atoms with Gasteiger partial charge in [-0.3, -0.25) is 4.84 Å². The fraction of sp³-hybridized carbons (Fsp3) is 0.780. The van der Waals surface area contributed by atoms with Gasteiger partial charge in [0.25, 0.3) is 0 Å². The van der Waals surface area contributed by atoms with E-state index in [4.69, 9.17) is 19.0 Å². The molecule has 4 unspecified atom stereocenters. The number of urea groups is 1. The third-order valence-corrected chi connectivity index (χ3v) is 10.3. The third-order valence-electron chi connectivity index (χ3n) is 10.3. The van der Waals surface area contributed by atoms with Crippen LogP contribution in [-0.2, 0) is 23.8 Å². The van der Waals surface area contributed by atoms with E-state index in [0.29, 0.717) is 69.3 Å². The number of carbonyl (C=O) groups excluding carboxylic acids is 5. The summed E-state index contributed by atoms with van der Waals surface area (Å²) >= 11 is 0. The summed E-state index contributed by atoms with van der Waals surface area (Å²) < 4.78 is 15.9. The maximum Gasteiger partial charge on any atom is 0.433 e. The van der Waals surface area contributed by atoms with Crippen LogP contribution in [0.5, 0.6) is 0 Å². The van der Waals surface area contributed by atoms with E-state index in [1.54, 1.807) is 20.8 Å². The fourth-order valence-electron chi connectivity index (χ4n) is 8.36. The number of ether oxygens (including phenoxy) is 3. The lowest BCUT2D eigenvalue weighted by Crippen LogP contribution is -2.51. The van der Waals surface area contributed by atoms with Crippen molar-refractivity contribution < 1.29 is 43.0 Å². The molecule has 2 aliphatic rings. The van der Waals surface area contributed by atoms with Crippen LogP contribution in [0.1, 0.15) is 140 Å². The molecule has 5 N–H and O–H groups in total. The Morgan fingerprint density at radius 3 is 1.65 bits per heavy atom. The van der Waals surface area contributed by atoms with Crippen molar-refractivity contribution in [1.82, 2.24) is 26.7 Å². The number of hydrogen-bond donors (Lipinski definition) is 5. The van der Waals surface area contributed by atoms with Crippen LogP contribution >= 0.6 is 0 Å². The lowest BCUT2D eigenvalue weighted by Gasteiger charge is -2.46. The van der Waals surface area contributed by atoms with Crippen molar-refractivity contribution in [2.75, 3.05) is 32.9 Å². The molecule has 2 fully saturated rings. The lowest BCUT2D eigenvalue weighted by molar-refractivity contribution is -0.139. The number of oxime groups is 1. The second kappa shape index (κ2) is 22.5. The molecule has 324 valence electrons. The zero-order chi connectivity index (χ0) is 42.9. The van der Waals surface area contributed by atoms with Crippen LogP contribution in [0.15, 0.2) is 22.4 Å². The summed E-state index contributed by atoms with van der Waals surface area (Å²) in [6, 6.07) is -0.646. The third kappa shape index (κ3) is 20.1. The van der Waals surface area contributed by atoms with Gasteiger partial charge in [-0.15, -0.1) is 0 Å². The minimum atomic E-state index is -0.581. The van der Waals surface area contributed by atoms with Crippen LogP contribution in [0, 0.1) is 21.7 Å². The molecule has 0 spiro atoms. The Morgan fingerprint density at radius 2 is 1.16 bits per heavy atom. The first-order chi connectivity index (χ1) is 26.5. The van der Waals surface area contributed by atoms with Gasteiger partial charge >= 0.3 is 30.3 Å². The summed E-state index contributed by atoms with van der Waals surface area (Å²) in [6.45, 7) is 24.8. The topological polar surface area (TPSA) is 207 Å². The minimum absolute atomic E-state index is 0.0582. The number of nitrogens with one attached hydrogen (secondary N) is 5. The van der Waals surface area contributed by atoms with Gasteiger partial charge in [-0.1, -0.05) is 60.2 Å². The first kappa shape index (κ1) is 48.8. The SMILES string of the molecule is C=C(C)C(=O)OCCC/C(C)=N/NC(=O)NC1CC(C)(C)CC(C)(CNC(=O)OCCCCOC(=O)NCC2(C)CC(NC(=O)O/N=C(\C)CC)CC(C)(C)C2)C1. The van der Waals surface area contributed by atoms with Crippen LogP contribution < -0.4 is 26.7 Å². The Balaban J connectivity index is 1.67. The largest absolute Gasteiger partial charge is 0.462 e. The quantitative estimate of drug-likeness (QED) is 0.0167. The smallest absolute Gasteiger partial charge is 0.433 e. The summed E-state index contributed by atoms with van der Waals surface area (Å²) in [5.74, 6) is -0.427. The van der Waals surface area contributed by atoms with Crippen molar-refractivity contribution in [2.45, 2.75) is 152 Å². The number of alkyl carbamates (subject to hydrolysis) is 2. The average molecular weight is 806 g/mol. The minimum Gasteiger partial charge on any atom is -0.462 e. The highest BCUT2D eigenvalue weighted by atomic mass is 16.7. The number of hydrazone groups is 1. The van der Waals surface area contributed by atoms with Crippen LogP contribution in [0.2, 0.25) is 0 Å². The van der Waals surface area contributed by atoms with Crippen LogP contribution in [0.3, 0.4) is 0 Å². The zero-order valence-corrected chi connectivity index (χ0v) is 36.2. The highest BCUT2D eigenvalue weighted by Gasteiger charge is 2.43. The second-order valence-corrected chi connectivity index (χ2v) is 18.4. The number of esters is 1. The molecule has 4 atom stereocenters. The fourth-order valence-corrected chi connectivity index (χ4v) is 8.36. The van der Waals surface area contributed by atoms with E-state index in [0.717, 1.165) is 31.4 Å². The molecular formula is C41H71N7O9. The molecule has 0 aromatic heterocycles. The number of rotatable bonds is 19. The Morgan fingerprint density at radius 1 is 0.667 bits per heavy atom. The Kier molecular flexibility index (Phi) is 19.3. The molecule has 16 nitrogen and oxygen atoms in total. The summed E-state index contributed by atoms with van der Waals surface area (Å²) in [5, 5.41) is 19.7. The van der Waals surface area contributed by atoms with E-state index in [1.807, 2.05) is 6.92 Å². The van der Waals surface area contributed by atoms with Gasteiger partial charge in [0, 0.05) is 36.5 Å². The average Bonchev–Trinajstić information content (AvgIpc) is 3.09. The Hall–Kier alpha value is -4.37. The van der Waals surface area contributed by atoms with Crippen molar-refractivity contribution in [2.24, 2.45) is 31.9 Å². The number of amides is 5. The molecule has 2 rings (SSSR count).